The number of rotatable bonds is 7. The smallest absolute Gasteiger partial charge is 0.279 e. The largest absolute Gasteiger partial charge is 0.333 e. The summed E-state index contributed by atoms with van der Waals surface area (Å²) in [7, 11) is 1.79. The standard InChI is InChI=1S/C18H23BrN4O2/c1-12-8-14(19)6-7-15(12)21-16(24)9-23(3)10-17(25)22-18(2,11-20)13-4-5-13/h6-8,13H,4-5,9-10H2,1-3H3,(H,21,24)(H,22,25)/p+1/t18-/m0/s1. The molecule has 6 nitrogen and oxygen atoms in total. The predicted molar refractivity (Wildman–Crippen MR) is 99.0 cm³/mol. The molecule has 0 aromatic heterocycles. The van der Waals surface area contributed by atoms with E-state index < -0.39 is 5.54 Å². The lowest BCUT2D eigenvalue weighted by Crippen LogP contribution is -3.11. The molecule has 2 atom stereocenters. The molecule has 1 aliphatic carbocycles. The second kappa shape index (κ2) is 7.98. The van der Waals surface area contributed by atoms with Crippen molar-refractivity contribution in [2.45, 2.75) is 32.2 Å². The zero-order valence-corrected chi connectivity index (χ0v) is 16.4. The fourth-order valence-corrected chi connectivity index (χ4v) is 3.26. The number of nitriles is 1. The normalized spacial score (nSPS) is 17.1. The zero-order valence-electron chi connectivity index (χ0n) is 14.8. The Kier molecular flexibility index (Phi) is 6.20. The van der Waals surface area contributed by atoms with E-state index in [9.17, 15) is 14.9 Å². The third kappa shape index (κ3) is 5.55. The van der Waals surface area contributed by atoms with Crippen LogP contribution in [0.4, 0.5) is 5.69 Å². The molecule has 0 spiro atoms. The number of hydrogen-bond donors (Lipinski definition) is 3. The molecular weight excluding hydrogens is 384 g/mol. The molecule has 0 radical (unpaired) electrons. The molecule has 1 aromatic rings. The molecule has 25 heavy (non-hydrogen) atoms. The van der Waals surface area contributed by atoms with Crippen LogP contribution in [0.1, 0.15) is 25.3 Å². The molecule has 1 aromatic carbocycles. The van der Waals surface area contributed by atoms with Crippen molar-refractivity contribution in [3.8, 4) is 6.07 Å². The maximum atomic E-state index is 12.2. The molecule has 0 saturated heterocycles. The summed E-state index contributed by atoms with van der Waals surface area (Å²) in [4.78, 5) is 25.1. The molecule has 3 N–H and O–H groups in total. The van der Waals surface area contributed by atoms with Crippen LogP contribution in [0.3, 0.4) is 0 Å². The molecule has 0 bridgehead atoms. The highest BCUT2D eigenvalue weighted by Gasteiger charge is 2.43. The Labute approximate surface area is 156 Å². The van der Waals surface area contributed by atoms with Gasteiger partial charge >= 0.3 is 0 Å². The van der Waals surface area contributed by atoms with E-state index in [0.29, 0.717) is 0 Å². The first-order valence-corrected chi connectivity index (χ1v) is 9.12. The third-order valence-corrected chi connectivity index (χ3v) is 4.91. The first-order chi connectivity index (χ1) is 11.7. The summed E-state index contributed by atoms with van der Waals surface area (Å²) in [5.74, 6) is -0.118. The van der Waals surface area contributed by atoms with Crippen molar-refractivity contribution >= 4 is 33.4 Å². The van der Waals surface area contributed by atoms with Gasteiger partial charge in [-0.05, 0) is 56.4 Å². The molecule has 2 amide bonds. The van der Waals surface area contributed by atoms with Gasteiger partial charge in [0.25, 0.3) is 11.8 Å². The Hall–Kier alpha value is -1.91. The van der Waals surface area contributed by atoms with E-state index in [4.69, 9.17) is 0 Å². The molecule has 1 saturated carbocycles. The van der Waals surface area contributed by atoms with E-state index in [2.05, 4.69) is 32.6 Å². The first kappa shape index (κ1) is 19.4. The number of halogens is 1. The second-order valence-electron chi connectivity index (χ2n) is 6.95. The summed E-state index contributed by atoms with van der Waals surface area (Å²) >= 11 is 3.39. The second-order valence-corrected chi connectivity index (χ2v) is 7.87. The minimum Gasteiger partial charge on any atom is -0.333 e. The SMILES string of the molecule is Cc1cc(Br)ccc1NC(=O)C[NH+](C)CC(=O)N[C@@](C)(C#N)C1CC1. The van der Waals surface area contributed by atoms with Crippen LogP contribution in [0.25, 0.3) is 0 Å². The maximum absolute atomic E-state index is 12.2. The van der Waals surface area contributed by atoms with Crippen molar-refractivity contribution in [3.05, 3.63) is 28.2 Å². The van der Waals surface area contributed by atoms with Gasteiger partial charge in [-0.25, -0.2) is 0 Å². The molecule has 7 heteroatoms. The zero-order chi connectivity index (χ0) is 18.6. The molecule has 2 rings (SSSR count). The van der Waals surface area contributed by atoms with Crippen LogP contribution in [0.5, 0.6) is 0 Å². The van der Waals surface area contributed by atoms with Gasteiger partial charge in [-0.15, -0.1) is 0 Å². The summed E-state index contributed by atoms with van der Waals surface area (Å²) in [6, 6.07) is 7.84. The van der Waals surface area contributed by atoms with E-state index in [1.807, 2.05) is 25.1 Å². The summed E-state index contributed by atoms with van der Waals surface area (Å²) in [6.07, 6.45) is 1.95. The fourth-order valence-electron chi connectivity index (χ4n) is 2.79. The van der Waals surface area contributed by atoms with Gasteiger partial charge in [0.2, 0.25) is 0 Å². The van der Waals surface area contributed by atoms with Crippen molar-refractivity contribution in [1.29, 1.82) is 5.26 Å². The van der Waals surface area contributed by atoms with Crippen LogP contribution in [-0.4, -0.2) is 37.5 Å². The van der Waals surface area contributed by atoms with Crippen LogP contribution in [-0.2, 0) is 9.59 Å². The minimum atomic E-state index is -0.797. The number of amides is 2. The number of quaternary nitrogens is 1. The van der Waals surface area contributed by atoms with Gasteiger partial charge in [0.15, 0.2) is 13.1 Å². The lowest BCUT2D eigenvalue weighted by Gasteiger charge is -2.23. The van der Waals surface area contributed by atoms with Crippen molar-refractivity contribution in [3.63, 3.8) is 0 Å². The number of carbonyl (C=O) groups excluding carboxylic acids is 2. The van der Waals surface area contributed by atoms with E-state index in [1.54, 1.807) is 14.0 Å². The van der Waals surface area contributed by atoms with Crippen LogP contribution in [0.15, 0.2) is 22.7 Å². The van der Waals surface area contributed by atoms with Crippen molar-refractivity contribution in [1.82, 2.24) is 5.32 Å². The van der Waals surface area contributed by atoms with Gasteiger partial charge in [0, 0.05) is 10.2 Å². The monoisotopic (exact) mass is 407 g/mol. The molecule has 1 fully saturated rings. The summed E-state index contributed by atoms with van der Waals surface area (Å²) in [5, 5.41) is 15.0. The Balaban J connectivity index is 1.82. The number of likely N-dealkylation sites (N-methyl/N-ethyl adjacent to an activating group) is 1. The molecule has 1 aliphatic rings. The van der Waals surface area contributed by atoms with E-state index >= 15 is 0 Å². The van der Waals surface area contributed by atoms with E-state index in [0.717, 1.165) is 33.5 Å². The Bertz CT molecular complexity index is 712. The molecule has 1 unspecified atom stereocenters. The number of nitrogens with zero attached hydrogens (tertiary/aromatic N) is 1. The van der Waals surface area contributed by atoms with Crippen LogP contribution in [0.2, 0.25) is 0 Å². The Morgan fingerprint density at radius 2 is 2.00 bits per heavy atom. The number of benzene rings is 1. The van der Waals surface area contributed by atoms with Crippen molar-refractivity contribution in [2.24, 2.45) is 5.92 Å². The van der Waals surface area contributed by atoms with Crippen molar-refractivity contribution in [2.75, 3.05) is 25.5 Å². The van der Waals surface area contributed by atoms with Crippen LogP contribution >= 0.6 is 15.9 Å². The topological polar surface area (TPSA) is 86.4 Å². The highest BCUT2D eigenvalue weighted by Crippen LogP contribution is 2.39. The highest BCUT2D eigenvalue weighted by atomic mass is 79.9. The number of hydrogen-bond acceptors (Lipinski definition) is 3. The Morgan fingerprint density at radius 1 is 1.36 bits per heavy atom. The van der Waals surface area contributed by atoms with Crippen LogP contribution in [0, 0.1) is 24.2 Å². The third-order valence-electron chi connectivity index (χ3n) is 4.41. The Morgan fingerprint density at radius 3 is 2.56 bits per heavy atom. The van der Waals surface area contributed by atoms with E-state index in [-0.39, 0.29) is 30.8 Å². The number of aryl methyl sites for hydroxylation is 1. The summed E-state index contributed by atoms with van der Waals surface area (Å²) in [5.41, 5.74) is 0.928. The number of anilines is 1. The predicted octanol–water partition coefficient (Wildman–Crippen LogP) is 1.02. The van der Waals surface area contributed by atoms with Crippen molar-refractivity contribution < 1.29 is 14.5 Å². The maximum Gasteiger partial charge on any atom is 0.279 e. The molecular formula is C18H24BrN4O2+. The number of nitrogens with one attached hydrogen (secondary N) is 3. The van der Waals surface area contributed by atoms with Gasteiger partial charge < -0.3 is 15.5 Å². The highest BCUT2D eigenvalue weighted by molar-refractivity contribution is 9.10. The van der Waals surface area contributed by atoms with Gasteiger partial charge in [0.1, 0.15) is 5.54 Å². The van der Waals surface area contributed by atoms with Gasteiger partial charge in [-0.3, -0.25) is 9.59 Å². The van der Waals surface area contributed by atoms with Gasteiger partial charge in [-0.2, -0.15) is 5.26 Å². The van der Waals surface area contributed by atoms with Gasteiger partial charge in [0.05, 0.1) is 13.1 Å². The lowest BCUT2D eigenvalue weighted by atomic mass is 9.98. The first-order valence-electron chi connectivity index (χ1n) is 8.33. The quantitative estimate of drug-likeness (QED) is 0.630. The average molecular weight is 408 g/mol. The van der Waals surface area contributed by atoms with Gasteiger partial charge in [-0.1, -0.05) is 15.9 Å². The summed E-state index contributed by atoms with van der Waals surface area (Å²) in [6.45, 7) is 4.01. The summed E-state index contributed by atoms with van der Waals surface area (Å²) < 4.78 is 0.957. The van der Waals surface area contributed by atoms with E-state index in [1.165, 1.54) is 0 Å². The molecule has 0 heterocycles. The average Bonchev–Trinajstić information content (AvgIpc) is 3.34. The minimum absolute atomic E-state index is 0.150. The molecule has 134 valence electrons. The molecule has 0 aliphatic heterocycles. The van der Waals surface area contributed by atoms with Crippen LogP contribution < -0.4 is 15.5 Å². The lowest BCUT2D eigenvalue weighted by molar-refractivity contribution is -0.862. The number of carbonyl (C=O) groups is 2. The fraction of sp³-hybridized carbons (Fsp3) is 0.500.